The van der Waals surface area contributed by atoms with Crippen molar-refractivity contribution in [3.63, 3.8) is 0 Å². The summed E-state index contributed by atoms with van der Waals surface area (Å²) in [6.07, 6.45) is 0. The molecule has 2 rings (SSSR count). The summed E-state index contributed by atoms with van der Waals surface area (Å²) >= 11 is 0. The van der Waals surface area contributed by atoms with Crippen molar-refractivity contribution in [3.8, 4) is 11.4 Å². The highest BCUT2D eigenvalue weighted by molar-refractivity contribution is 5.54. The summed E-state index contributed by atoms with van der Waals surface area (Å²) in [7, 11) is 0. The van der Waals surface area contributed by atoms with E-state index in [9.17, 15) is 0 Å². The maximum absolute atomic E-state index is 9.09. The van der Waals surface area contributed by atoms with Crippen molar-refractivity contribution in [2.24, 2.45) is 0 Å². The van der Waals surface area contributed by atoms with Gasteiger partial charge in [0.25, 0.3) is 0 Å². The standard InChI is InChI=1S/C11H13N3O/c1-2-14-10(8-15)12-13-11(14)9-6-4-3-5-7-9/h3-7,15H,2,8H2,1H3. The van der Waals surface area contributed by atoms with E-state index in [-0.39, 0.29) is 6.61 Å². The van der Waals surface area contributed by atoms with Crippen LogP contribution < -0.4 is 0 Å². The van der Waals surface area contributed by atoms with E-state index in [0.29, 0.717) is 5.82 Å². The van der Waals surface area contributed by atoms with E-state index in [1.54, 1.807) is 0 Å². The van der Waals surface area contributed by atoms with Gasteiger partial charge in [-0.05, 0) is 6.92 Å². The van der Waals surface area contributed by atoms with Crippen LogP contribution in [0.3, 0.4) is 0 Å². The van der Waals surface area contributed by atoms with Crippen molar-refractivity contribution >= 4 is 0 Å². The molecule has 0 amide bonds. The van der Waals surface area contributed by atoms with E-state index in [0.717, 1.165) is 17.9 Å². The fraction of sp³-hybridized carbons (Fsp3) is 0.273. The van der Waals surface area contributed by atoms with Crippen molar-refractivity contribution in [3.05, 3.63) is 36.2 Å². The van der Waals surface area contributed by atoms with Crippen LogP contribution in [0.5, 0.6) is 0 Å². The molecule has 0 saturated carbocycles. The van der Waals surface area contributed by atoms with Crippen LogP contribution in [0.2, 0.25) is 0 Å². The number of aromatic nitrogens is 3. The molecule has 15 heavy (non-hydrogen) atoms. The van der Waals surface area contributed by atoms with Crippen LogP contribution in [-0.2, 0) is 13.2 Å². The Morgan fingerprint density at radius 1 is 1.20 bits per heavy atom. The fourth-order valence-corrected chi connectivity index (χ4v) is 1.59. The lowest BCUT2D eigenvalue weighted by molar-refractivity contribution is 0.265. The van der Waals surface area contributed by atoms with Gasteiger partial charge in [0.15, 0.2) is 11.6 Å². The zero-order valence-corrected chi connectivity index (χ0v) is 8.59. The first kappa shape index (κ1) is 9.86. The average molecular weight is 203 g/mol. The van der Waals surface area contributed by atoms with Gasteiger partial charge in [-0.15, -0.1) is 10.2 Å². The van der Waals surface area contributed by atoms with E-state index in [2.05, 4.69) is 10.2 Å². The van der Waals surface area contributed by atoms with Gasteiger partial charge in [0.2, 0.25) is 0 Å². The molecule has 0 fully saturated rings. The minimum absolute atomic E-state index is 0.0757. The quantitative estimate of drug-likeness (QED) is 0.821. The second kappa shape index (κ2) is 4.23. The van der Waals surface area contributed by atoms with Gasteiger partial charge in [0.1, 0.15) is 6.61 Å². The lowest BCUT2D eigenvalue weighted by atomic mass is 10.2. The van der Waals surface area contributed by atoms with Gasteiger partial charge in [-0.25, -0.2) is 0 Å². The normalized spacial score (nSPS) is 10.5. The molecule has 0 saturated heterocycles. The molecule has 0 aliphatic carbocycles. The summed E-state index contributed by atoms with van der Waals surface area (Å²) in [5.74, 6) is 1.42. The third-order valence-electron chi connectivity index (χ3n) is 2.32. The van der Waals surface area contributed by atoms with Crippen molar-refractivity contribution in [2.45, 2.75) is 20.1 Å². The molecule has 2 aromatic rings. The molecule has 4 nitrogen and oxygen atoms in total. The molecule has 1 aromatic heterocycles. The number of aliphatic hydroxyl groups is 1. The number of rotatable bonds is 3. The molecule has 78 valence electrons. The second-order valence-corrected chi connectivity index (χ2v) is 3.21. The highest BCUT2D eigenvalue weighted by atomic mass is 16.3. The van der Waals surface area contributed by atoms with Crippen LogP contribution in [0.15, 0.2) is 30.3 Å². The Hall–Kier alpha value is -1.68. The Bertz CT molecular complexity index is 436. The molecular formula is C11H13N3O. The largest absolute Gasteiger partial charge is 0.388 e. The molecule has 0 radical (unpaired) electrons. The Morgan fingerprint density at radius 3 is 2.53 bits per heavy atom. The Morgan fingerprint density at radius 2 is 1.93 bits per heavy atom. The minimum atomic E-state index is -0.0757. The second-order valence-electron chi connectivity index (χ2n) is 3.21. The fourth-order valence-electron chi connectivity index (χ4n) is 1.59. The first-order valence-corrected chi connectivity index (χ1v) is 4.95. The van der Waals surface area contributed by atoms with Gasteiger partial charge in [0.05, 0.1) is 0 Å². The van der Waals surface area contributed by atoms with Gasteiger partial charge >= 0.3 is 0 Å². The molecule has 0 atom stereocenters. The SMILES string of the molecule is CCn1c(CO)nnc1-c1ccccc1. The zero-order valence-electron chi connectivity index (χ0n) is 8.59. The van der Waals surface area contributed by atoms with Gasteiger partial charge in [-0.2, -0.15) is 0 Å². The molecule has 1 heterocycles. The third-order valence-corrected chi connectivity index (χ3v) is 2.32. The number of nitrogens with zero attached hydrogens (tertiary/aromatic N) is 3. The molecule has 1 N–H and O–H groups in total. The summed E-state index contributed by atoms with van der Waals surface area (Å²) in [5, 5.41) is 17.1. The summed E-state index contributed by atoms with van der Waals surface area (Å²) in [4.78, 5) is 0. The topological polar surface area (TPSA) is 50.9 Å². The minimum Gasteiger partial charge on any atom is -0.388 e. The summed E-state index contributed by atoms with van der Waals surface area (Å²) in [6.45, 7) is 2.69. The molecule has 0 bridgehead atoms. The monoisotopic (exact) mass is 203 g/mol. The van der Waals surface area contributed by atoms with Crippen LogP contribution in [0.25, 0.3) is 11.4 Å². The molecule has 1 aromatic carbocycles. The number of hydrogen-bond donors (Lipinski definition) is 1. The van der Waals surface area contributed by atoms with Crippen molar-refractivity contribution in [1.82, 2.24) is 14.8 Å². The zero-order chi connectivity index (χ0) is 10.7. The summed E-state index contributed by atoms with van der Waals surface area (Å²) < 4.78 is 1.91. The van der Waals surface area contributed by atoms with E-state index in [1.807, 2.05) is 41.8 Å². The van der Waals surface area contributed by atoms with Crippen molar-refractivity contribution < 1.29 is 5.11 Å². The van der Waals surface area contributed by atoms with Crippen LogP contribution in [0, 0.1) is 0 Å². The summed E-state index contributed by atoms with van der Waals surface area (Å²) in [6, 6.07) is 9.85. The van der Waals surface area contributed by atoms with Gasteiger partial charge in [-0.1, -0.05) is 30.3 Å². The Balaban J connectivity index is 2.49. The molecule has 0 unspecified atom stereocenters. The third kappa shape index (κ3) is 1.76. The highest BCUT2D eigenvalue weighted by Crippen LogP contribution is 2.17. The molecule has 0 spiro atoms. The van der Waals surface area contributed by atoms with Crippen LogP contribution in [-0.4, -0.2) is 19.9 Å². The van der Waals surface area contributed by atoms with Crippen molar-refractivity contribution in [1.29, 1.82) is 0 Å². The number of hydrogen-bond acceptors (Lipinski definition) is 3. The maximum Gasteiger partial charge on any atom is 0.164 e. The lowest BCUT2D eigenvalue weighted by Crippen LogP contribution is -2.03. The Kier molecular flexibility index (Phi) is 2.78. The van der Waals surface area contributed by atoms with E-state index in [1.165, 1.54) is 0 Å². The van der Waals surface area contributed by atoms with Crippen LogP contribution in [0.1, 0.15) is 12.7 Å². The molecule has 0 aliphatic heterocycles. The van der Waals surface area contributed by atoms with Gasteiger partial charge in [-0.3, -0.25) is 0 Å². The number of aliphatic hydroxyl groups excluding tert-OH is 1. The first-order valence-electron chi connectivity index (χ1n) is 4.95. The average Bonchev–Trinajstić information content (AvgIpc) is 2.72. The smallest absolute Gasteiger partial charge is 0.164 e. The van der Waals surface area contributed by atoms with E-state index >= 15 is 0 Å². The predicted molar refractivity (Wildman–Crippen MR) is 57.1 cm³/mol. The van der Waals surface area contributed by atoms with E-state index in [4.69, 9.17) is 5.11 Å². The van der Waals surface area contributed by atoms with Gasteiger partial charge in [0, 0.05) is 12.1 Å². The molecular weight excluding hydrogens is 190 g/mol. The first-order chi connectivity index (χ1) is 7.36. The predicted octanol–water partition coefficient (Wildman–Crippen LogP) is 1.46. The lowest BCUT2D eigenvalue weighted by Gasteiger charge is -2.05. The van der Waals surface area contributed by atoms with Crippen LogP contribution in [0.4, 0.5) is 0 Å². The molecule has 0 aliphatic rings. The van der Waals surface area contributed by atoms with Crippen LogP contribution >= 0.6 is 0 Å². The Labute approximate surface area is 88.2 Å². The molecule has 4 heteroatoms. The van der Waals surface area contributed by atoms with Gasteiger partial charge < -0.3 is 9.67 Å². The number of benzene rings is 1. The summed E-state index contributed by atoms with van der Waals surface area (Å²) in [5.41, 5.74) is 1.02. The van der Waals surface area contributed by atoms with E-state index < -0.39 is 0 Å². The van der Waals surface area contributed by atoms with Crippen molar-refractivity contribution in [2.75, 3.05) is 0 Å². The highest BCUT2D eigenvalue weighted by Gasteiger charge is 2.10. The maximum atomic E-state index is 9.09.